The van der Waals surface area contributed by atoms with E-state index in [-0.39, 0.29) is 0 Å². The summed E-state index contributed by atoms with van der Waals surface area (Å²) in [5.74, 6) is 0.594. The molecule has 2 aromatic rings. The molecular formula is C12H12N4O. The second-order valence-corrected chi connectivity index (χ2v) is 3.55. The Bertz CT molecular complexity index is 576. The number of hydrogen-bond acceptors (Lipinski definition) is 3. The average Bonchev–Trinajstić information content (AvgIpc) is 2.38. The van der Waals surface area contributed by atoms with Crippen LogP contribution < -0.4 is 4.74 Å². The van der Waals surface area contributed by atoms with Gasteiger partial charge in [-0.1, -0.05) is 23.3 Å². The van der Waals surface area contributed by atoms with Gasteiger partial charge < -0.3 is 4.74 Å². The minimum Gasteiger partial charge on any atom is -0.481 e. The first kappa shape index (κ1) is 11.2. The molecule has 5 nitrogen and oxygen atoms in total. The molecule has 0 atom stereocenters. The Hall–Kier alpha value is -2.26. The fourth-order valence-corrected chi connectivity index (χ4v) is 1.71. The van der Waals surface area contributed by atoms with Gasteiger partial charge in [0.2, 0.25) is 5.88 Å². The molecular weight excluding hydrogens is 216 g/mol. The molecule has 0 bridgehead atoms. The van der Waals surface area contributed by atoms with E-state index in [1.807, 2.05) is 30.3 Å². The second kappa shape index (κ2) is 5.18. The fraction of sp³-hybridized carbons (Fsp3) is 0.250. The third-order valence-corrected chi connectivity index (χ3v) is 2.50. The van der Waals surface area contributed by atoms with Gasteiger partial charge in [0.15, 0.2) is 0 Å². The number of nitrogens with zero attached hydrogens (tertiary/aromatic N) is 4. The number of methoxy groups -OCH3 is 1. The van der Waals surface area contributed by atoms with E-state index in [0.717, 1.165) is 16.5 Å². The number of aromatic nitrogens is 1. The lowest BCUT2D eigenvalue weighted by atomic mass is 10.1. The third kappa shape index (κ3) is 2.46. The van der Waals surface area contributed by atoms with Crippen molar-refractivity contribution >= 4 is 10.9 Å². The second-order valence-electron chi connectivity index (χ2n) is 3.55. The summed E-state index contributed by atoms with van der Waals surface area (Å²) in [7, 11) is 1.59. The van der Waals surface area contributed by atoms with Crippen molar-refractivity contribution in [1.29, 1.82) is 0 Å². The van der Waals surface area contributed by atoms with Gasteiger partial charge in [0.05, 0.1) is 12.6 Å². The molecule has 1 aromatic carbocycles. The maximum absolute atomic E-state index is 8.25. The molecule has 0 saturated carbocycles. The summed E-state index contributed by atoms with van der Waals surface area (Å²) in [5, 5.41) is 4.58. The van der Waals surface area contributed by atoms with Crippen LogP contribution in [0.4, 0.5) is 0 Å². The molecule has 0 aliphatic heterocycles. The van der Waals surface area contributed by atoms with Gasteiger partial charge in [-0.25, -0.2) is 4.98 Å². The summed E-state index contributed by atoms with van der Waals surface area (Å²) in [5.41, 5.74) is 10.1. The van der Waals surface area contributed by atoms with Crippen molar-refractivity contribution in [2.45, 2.75) is 6.42 Å². The number of fused-ring (bicyclic) bond motifs is 1. The van der Waals surface area contributed by atoms with E-state index in [1.54, 1.807) is 7.11 Å². The molecule has 0 radical (unpaired) electrons. The highest BCUT2D eigenvalue weighted by atomic mass is 16.5. The topological polar surface area (TPSA) is 70.9 Å². The normalized spacial score (nSPS) is 9.94. The van der Waals surface area contributed by atoms with Crippen LogP contribution in [0.25, 0.3) is 21.3 Å². The summed E-state index contributed by atoms with van der Waals surface area (Å²) in [6, 6.07) is 9.87. The van der Waals surface area contributed by atoms with Gasteiger partial charge in [0.25, 0.3) is 0 Å². The van der Waals surface area contributed by atoms with Gasteiger partial charge in [-0.3, -0.25) is 0 Å². The van der Waals surface area contributed by atoms with Crippen LogP contribution in [0.5, 0.6) is 5.88 Å². The van der Waals surface area contributed by atoms with Crippen molar-refractivity contribution in [3.8, 4) is 5.88 Å². The molecule has 0 spiro atoms. The maximum atomic E-state index is 8.25. The monoisotopic (exact) mass is 228 g/mol. The van der Waals surface area contributed by atoms with Gasteiger partial charge in [0, 0.05) is 22.4 Å². The first-order valence-corrected chi connectivity index (χ1v) is 5.28. The maximum Gasteiger partial charge on any atom is 0.216 e. The van der Waals surface area contributed by atoms with Gasteiger partial charge in [-0.15, -0.1) is 0 Å². The van der Waals surface area contributed by atoms with E-state index in [2.05, 4.69) is 15.0 Å². The van der Waals surface area contributed by atoms with Crippen molar-refractivity contribution in [2.75, 3.05) is 13.7 Å². The Morgan fingerprint density at radius 3 is 3.00 bits per heavy atom. The summed E-state index contributed by atoms with van der Waals surface area (Å²) < 4.78 is 5.24. The number of para-hydroxylation sites is 1. The largest absolute Gasteiger partial charge is 0.481 e. The summed E-state index contributed by atoms with van der Waals surface area (Å²) in [4.78, 5) is 7.15. The lowest BCUT2D eigenvalue weighted by Crippen LogP contribution is -1.97. The molecule has 17 heavy (non-hydrogen) atoms. The Balaban J connectivity index is 2.41. The van der Waals surface area contributed by atoms with Crippen molar-refractivity contribution in [2.24, 2.45) is 5.11 Å². The molecule has 2 rings (SSSR count). The van der Waals surface area contributed by atoms with Crippen LogP contribution in [0.2, 0.25) is 0 Å². The van der Waals surface area contributed by atoms with Crippen molar-refractivity contribution in [3.63, 3.8) is 0 Å². The van der Waals surface area contributed by atoms with Crippen LogP contribution in [-0.2, 0) is 6.42 Å². The molecule has 1 heterocycles. The van der Waals surface area contributed by atoms with Crippen molar-refractivity contribution in [1.82, 2.24) is 4.98 Å². The van der Waals surface area contributed by atoms with E-state index in [9.17, 15) is 0 Å². The molecule has 1 aromatic heterocycles. The molecule has 0 saturated heterocycles. The van der Waals surface area contributed by atoms with E-state index >= 15 is 0 Å². The van der Waals surface area contributed by atoms with Crippen LogP contribution in [0.15, 0.2) is 35.4 Å². The lowest BCUT2D eigenvalue weighted by molar-refractivity contribution is 0.394. The lowest BCUT2D eigenvalue weighted by Gasteiger charge is -2.07. The van der Waals surface area contributed by atoms with Crippen molar-refractivity contribution in [3.05, 3.63) is 46.3 Å². The van der Waals surface area contributed by atoms with E-state index < -0.39 is 0 Å². The highest BCUT2D eigenvalue weighted by Gasteiger charge is 2.06. The average molecular weight is 228 g/mol. The van der Waals surface area contributed by atoms with Crippen LogP contribution in [-0.4, -0.2) is 18.6 Å². The van der Waals surface area contributed by atoms with Gasteiger partial charge in [-0.05, 0) is 24.1 Å². The molecule has 0 amide bonds. The molecule has 0 unspecified atom stereocenters. The number of azide groups is 1. The SMILES string of the molecule is COc1nc2ccccc2cc1CCN=[N+]=[N-]. The zero-order chi connectivity index (χ0) is 12.1. The highest BCUT2D eigenvalue weighted by Crippen LogP contribution is 2.22. The van der Waals surface area contributed by atoms with E-state index in [4.69, 9.17) is 10.3 Å². The van der Waals surface area contributed by atoms with E-state index in [1.165, 1.54) is 0 Å². The third-order valence-electron chi connectivity index (χ3n) is 2.50. The first-order chi connectivity index (χ1) is 8.35. The minimum absolute atomic E-state index is 0.410. The summed E-state index contributed by atoms with van der Waals surface area (Å²) >= 11 is 0. The highest BCUT2D eigenvalue weighted by molar-refractivity contribution is 5.80. The molecule has 86 valence electrons. The first-order valence-electron chi connectivity index (χ1n) is 5.28. The van der Waals surface area contributed by atoms with Gasteiger partial charge >= 0.3 is 0 Å². The molecule has 5 heteroatoms. The molecule has 0 aliphatic rings. The molecule has 0 aliphatic carbocycles. The number of hydrogen-bond donors (Lipinski definition) is 0. The van der Waals surface area contributed by atoms with E-state index in [0.29, 0.717) is 18.8 Å². The molecule has 0 N–H and O–H groups in total. The minimum atomic E-state index is 0.410. The van der Waals surface area contributed by atoms with Crippen LogP contribution in [0.1, 0.15) is 5.56 Å². The summed E-state index contributed by atoms with van der Waals surface area (Å²) in [6.07, 6.45) is 0.630. The number of ether oxygens (including phenoxy) is 1. The zero-order valence-corrected chi connectivity index (χ0v) is 9.50. The number of pyridine rings is 1. The molecule has 0 fully saturated rings. The van der Waals surface area contributed by atoms with Crippen LogP contribution in [0, 0.1) is 0 Å². The predicted molar refractivity (Wildman–Crippen MR) is 66.0 cm³/mol. The Morgan fingerprint density at radius 2 is 2.24 bits per heavy atom. The van der Waals surface area contributed by atoms with Crippen LogP contribution >= 0.6 is 0 Å². The number of benzene rings is 1. The van der Waals surface area contributed by atoms with Crippen LogP contribution in [0.3, 0.4) is 0 Å². The zero-order valence-electron chi connectivity index (χ0n) is 9.50. The Kier molecular flexibility index (Phi) is 3.43. The van der Waals surface area contributed by atoms with Gasteiger partial charge in [0.1, 0.15) is 0 Å². The van der Waals surface area contributed by atoms with Crippen molar-refractivity contribution < 1.29 is 4.74 Å². The standard InChI is InChI=1S/C12H12N4O/c1-17-12-10(6-7-14-16-13)8-9-4-2-3-5-11(9)15-12/h2-5,8H,6-7H2,1H3. The smallest absolute Gasteiger partial charge is 0.216 e. The predicted octanol–water partition coefficient (Wildman–Crippen LogP) is 3.10. The number of rotatable bonds is 4. The quantitative estimate of drug-likeness (QED) is 0.458. The summed E-state index contributed by atoms with van der Waals surface area (Å²) in [6.45, 7) is 0.410. The fourth-order valence-electron chi connectivity index (χ4n) is 1.71. The Labute approximate surface area is 98.7 Å². The Morgan fingerprint density at radius 1 is 1.41 bits per heavy atom. The van der Waals surface area contributed by atoms with Gasteiger partial charge in [-0.2, -0.15) is 0 Å².